The molecule has 4 nitrogen and oxygen atoms in total. The molecule has 0 amide bonds. The predicted molar refractivity (Wildman–Crippen MR) is 79.0 cm³/mol. The predicted octanol–water partition coefficient (Wildman–Crippen LogP) is 3.55. The highest BCUT2D eigenvalue weighted by molar-refractivity contribution is 5.85. The summed E-state index contributed by atoms with van der Waals surface area (Å²) in [5.41, 5.74) is 9.69. The molecule has 2 heterocycles. The second kappa shape index (κ2) is 5.17. The van der Waals surface area contributed by atoms with E-state index in [0.29, 0.717) is 11.6 Å². The lowest BCUT2D eigenvalue weighted by Crippen LogP contribution is -1.92. The maximum atomic E-state index is 5.96. The van der Waals surface area contributed by atoms with Crippen molar-refractivity contribution >= 4 is 5.82 Å². The van der Waals surface area contributed by atoms with Crippen molar-refractivity contribution in [3.8, 4) is 22.6 Å². The molecule has 0 atom stereocenters. The number of hydrogen-bond donors (Lipinski definition) is 1. The monoisotopic (exact) mass is 265 g/mol. The maximum Gasteiger partial charge on any atom is 0.178 e. The molecule has 0 unspecified atom stereocenters. The molecule has 0 fully saturated rings. The summed E-state index contributed by atoms with van der Waals surface area (Å²) in [4.78, 5) is 4.34. The third-order valence-electron chi connectivity index (χ3n) is 3.28. The van der Waals surface area contributed by atoms with Crippen molar-refractivity contribution in [2.75, 3.05) is 5.73 Å². The summed E-state index contributed by atoms with van der Waals surface area (Å²) in [5.74, 6) is 1.04. The van der Waals surface area contributed by atoms with Gasteiger partial charge in [0, 0.05) is 11.8 Å². The standard InChI is InChI=1S/C16H15N3O/c1-2-11-7-3-4-8-12(11)15-14(16(17)19-20-15)13-9-5-6-10-18-13/h3-10H,2H2,1H3,(H2,17,19). The van der Waals surface area contributed by atoms with E-state index in [1.54, 1.807) is 6.20 Å². The van der Waals surface area contributed by atoms with Gasteiger partial charge in [-0.3, -0.25) is 4.98 Å². The second-order valence-electron chi connectivity index (χ2n) is 4.50. The van der Waals surface area contributed by atoms with Crippen LogP contribution in [0.1, 0.15) is 12.5 Å². The number of nitrogens with zero attached hydrogens (tertiary/aromatic N) is 2. The van der Waals surface area contributed by atoms with Gasteiger partial charge in [-0.25, -0.2) is 0 Å². The van der Waals surface area contributed by atoms with E-state index in [2.05, 4.69) is 23.1 Å². The van der Waals surface area contributed by atoms with Crippen molar-refractivity contribution in [2.24, 2.45) is 0 Å². The highest BCUT2D eigenvalue weighted by Gasteiger charge is 2.19. The van der Waals surface area contributed by atoms with Gasteiger partial charge in [0.15, 0.2) is 11.6 Å². The molecule has 3 rings (SSSR count). The zero-order valence-corrected chi connectivity index (χ0v) is 11.2. The molecule has 0 aliphatic heterocycles. The largest absolute Gasteiger partial charge is 0.380 e. The fraction of sp³-hybridized carbons (Fsp3) is 0.125. The minimum Gasteiger partial charge on any atom is -0.380 e. The third kappa shape index (κ3) is 2.05. The molecule has 2 aromatic heterocycles. The average Bonchev–Trinajstić information content (AvgIpc) is 2.89. The van der Waals surface area contributed by atoms with Crippen LogP contribution in [0.15, 0.2) is 53.2 Å². The van der Waals surface area contributed by atoms with Crippen LogP contribution in [0.5, 0.6) is 0 Å². The van der Waals surface area contributed by atoms with Gasteiger partial charge >= 0.3 is 0 Å². The highest BCUT2D eigenvalue weighted by atomic mass is 16.5. The fourth-order valence-corrected chi connectivity index (χ4v) is 2.29. The van der Waals surface area contributed by atoms with Crippen LogP contribution < -0.4 is 5.73 Å². The lowest BCUT2D eigenvalue weighted by molar-refractivity contribution is 0.435. The number of anilines is 1. The van der Waals surface area contributed by atoms with Gasteiger partial charge in [-0.2, -0.15) is 0 Å². The molecule has 0 bridgehead atoms. The van der Waals surface area contributed by atoms with E-state index in [4.69, 9.17) is 10.3 Å². The zero-order valence-electron chi connectivity index (χ0n) is 11.2. The number of aryl methyl sites for hydroxylation is 1. The average molecular weight is 265 g/mol. The summed E-state index contributed by atoms with van der Waals surface area (Å²) in [6, 6.07) is 13.8. The Morgan fingerprint density at radius 2 is 1.90 bits per heavy atom. The summed E-state index contributed by atoms with van der Waals surface area (Å²) < 4.78 is 5.46. The zero-order chi connectivity index (χ0) is 13.9. The summed E-state index contributed by atoms with van der Waals surface area (Å²) in [6.07, 6.45) is 2.65. The van der Waals surface area contributed by atoms with Gasteiger partial charge in [0.1, 0.15) is 0 Å². The van der Waals surface area contributed by atoms with E-state index in [1.807, 2.05) is 36.4 Å². The number of benzene rings is 1. The summed E-state index contributed by atoms with van der Waals surface area (Å²) in [5, 5.41) is 3.91. The molecule has 0 radical (unpaired) electrons. The molecular formula is C16H15N3O. The van der Waals surface area contributed by atoms with Crippen LogP contribution in [0.2, 0.25) is 0 Å². The Hall–Kier alpha value is -2.62. The van der Waals surface area contributed by atoms with E-state index in [1.165, 1.54) is 5.56 Å². The molecule has 0 spiro atoms. The number of hydrogen-bond acceptors (Lipinski definition) is 4. The highest BCUT2D eigenvalue weighted by Crippen LogP contribution is 2.36. The van der Waals surface area contributed by atoms with Crippen molar-refractivity contribution in [3.05, 3.63) is 54.2 Å². The molecule has 100 valence electrons. The molecule has 0 saturated heterocycles. The number of nitrogens with two attached hydrogens (primary N) is 1. The lowest BCUT2D eigenvalue weighted by atomic mass is 9.99. The van der Waals surface area contributed by atoms with E-state index in [-0.39, 0.29) is 0 Å². The minimum absolute atomic E-state index is 0.365. The molecule has 0 saturated carbocycles. The smallest absolute Gasteiger partial charge is 0.178 e. The van der Waals surface area contributed by atoms with E-state index in [0.717, 1.165) is 23.2 Å². The molecule has 3 aromatic rings. The van der Waals surface area contributed by atoms with Crippen LogP contribution in [0.25, 0.3) is 22.6 Å². The SMILES string of the molecule is CCc1ccccc1-c1onc(N)c1-c1ccccn1. The van der Waals surface area contributed by atoms with Crippen LogP contribution in [-0.4, -0.2) is 10.1 Å². The molecule has 0 aliphatic rings. The Morgan fingerprint density at radius 1 is 1.10 bits per heavy atom. The third-order valence-corrected chi connectivity index (χ3v) is 3.28. The van der Waals surface area contributed by atoms with Gasteiger partial charge in [-0.15, -0.1) is 0 Å². The quantitative estimate of drug-likeness (QED) is 0.786. The Kier molecular flexibility index (Phi) is 3.21. The van der Waals surface area contributed by atoms with Gasteiger partial charge in [-0.1, -0.05) is 42.4 Å². The van der Waals surface area contributed by atoms with Crippen molar-refractivity contribution in [2.45, 2.75) is 13.3 Å². The summed E-state index contributed by atoms with van der Waals surface area (Å²) >= 11 is 0. The molecule has 2 N–H and O–H groups in total. The molecule has 20 heavy (non-hydrogen) atoms. The summed E-state index contributed by atoms with van der Waals surface area (Å²) in [6.45, 7) is 2.11. The van der Waals surface area contributed by atoms with Crippen molar-refractivity contribution in [1.82, 2.24) is 10.1 Å². The van der Waals surface area contributed by atoms with Crippen LogP contribution in [0.3, 0.4) is 0 Å². The molecule has 0 aliphatic carbocycles. The fourth-order valence-electron chi connectivity index (χ4n) is 2.29. The number of rotatable bonds is 3. The van der Waals surface area contributed by atoms with Crippen molar-refractivity contribution < 1.29 is 4.52 Å². The Balaban J connectivity index is 2.22. The Bertz CT molecular complexity index is 720. The first kappa shape index (κ1) is 12.4. The number of aromatic nitrogens is 2. The van der Waals surface area contributed by atoms with Gasteiger partial charge in [0.2, 0.25) is 0 Å². The normalized spacial score (nSPS) is 10.7. The number of pyridine rings is 1. The van der Waals surface area contributed by atoms with Crippen LogP contribution >= 0.6 is 0 Å². The lowest BCUT2D eigenvalue weighted by Gasteiger charge is -2.06. The van der Waals surface area contributed by atoms with Gasteiger partial charge in [-0.05, 0) is 24.1 Å². The van der Waals surface area contributed by atoms with Gasteiger partial charge in [0.25, 0.3) is 0 Å². The van der Waals surface area contributed by atoms with Gasteiger partial charge in [0.05, 0.1) is 11.3 Å². The van der Waals surface area contributed by atoms with Gasteiger partial charge < -0.3 is 10.3 Å². The first-order valence-corrected chi connectivity index (χ1v) is 6.56. The Labute approximate surface area is 117 Å². The molecule has 4 heteroatoms. The second-order valence-corrected chi connectivity index (χ2v) is 4.50. The molecular weight excluding hydrogens is 250 g/mol. The van der Waals surface area contributed by atoms with Crippen molar-refractivity contribution in [3.63, 3.8) is 0 Å². The first-order valence-electron chi connectivity index (χ1n) is 6.56. The van der Waals surface area contributed by atoms with Crippen LogP contribution in [-0.2, 0) is 6.42 Å². The Morgan fingerprint density at radius 3 is 2.65 bits per heavy atom. The summed E-state index contributed by atoms with van der Waals surface area (Å²) in [7, 11) is 0. The van der Waals surface area contributed by atoms with Crippen LogP contribution in [0.4, 0.5) is 5.82 Å². The minimum atomic E-state index is 0.365. The molecule has 1 aromatic carbocycles. The van der Waals surface area contributed by atoms with E-state index in [9.17, 15) is 0 Å². The number of nitrogen functional groups attached to an aromatic ring is 1. The van der Waals surface area contributed by atoms with Crippen molar-refractivity contribution in [1.29, 1.82) is 0 Å². The first-order chi connectivity index (χ1) is 9.81. The topological polar surface area (TPSA) is 64.9 Å². The van der Waals surface area contributed by atoms with E-state index >= 15 is 0 Å². The van der Waals surface area contributed by atoms with E-state index < -0.39 is 0 Å². The van der Waals surface area contributed by atoms with Crippen LogP contribution in [0, 0.1) is 0 Å². The maximum absolute atomic E-state index is 5.96.